The van der Waals surface area contributed by atoms with E-state index in [4.69, 9.17) is 0 Å². The van der Waals surface area contributed by atoms with Crippen LogP contribution in [0.1, 0.15) is 15.9 Å². The maximum atomic E-state index is 13.5. The van der Waals surface area contributed by atoms with Gasteiger partial charge < -0.3 is 5.32 Å². The second kappa shape index (κ2) is 6.01. The summed E-state index contributed by atoms with van der Waals surface area (Å²) in [4.78, 5) is 12.0. The highest BCUT2D eigenvalue weighted by molar-refractivity contribution is 9.10. The Bertz CT molecular complexity index is 669. The van der Waals surface area contributed by atoms with Gasteiger partial charge in [-0.05, 0) is 58.7 Å². The smallest absolute Gasteiger partial charge is 0.255 e. The zero-order valence-corrected chi connectivity index (χ0v) is 13.5. The molecule has 2 aromatic carbocycles. The number of aryl methyl sites for hydroxylation is 1. The van der Waals surface area contributed by atoms with Crippen molar-refractivity contribution < 1.29 is 13.6 Å². The summed E-state index contributed by atoms with van der Waals surface area (Å²) in [5, 5.41) is 2.56. The molecule has 2 aromatic rings. The molecule has 2 rings (SSSR count). The summed E-state index contributed by atoms with van der Waals surface area (Å²) in [7, 11) is 0. The third-order valence-electron chi connectivity index (χ3n) is 2.64. The maximum absolute atomic E-state index is 13.5. The summed E-state index contributed by atoms with van der Waals surface area (Å²) in [6.07, 6.45) is 0. The second-order valence-electron chi connectivity index (χ2n) is 4.19. The Hall–Kier alpha value is -1.27. The summed E-state index contributed by atoms with van der Waals surface area (Å²) in [6.45, 7) is 1.74. The van der Waals surface area contributed by atoms with Gasteiger partial charge in [-0.1, -0.05) is 15.9 Å². The molecule has 0 bridgehead atoms. The predicted molar refractivity (Wildman–Crippen MR) is 80.9 cm³/mol. The van der Waals surface area contributed by atoms with Gasteiger partial charge in [0.25, 0.3) is 5.91 Å². The van der Waals surface area contributed by atoms with E-state index < -0.39 is 17.5 Å². The summed E-state index contributed by atoms with van der Waals surface area (Å²) in [6, 6.07) is 6.63. The molecule has 0 fully saturated rings. The number of carbonyl (C=O) groups excluding carboxylic acids is 1. The quantitative estimate of drug-likeness (QED) is 0.745. The average molecular weight is 405 g/mol. The molecule has 104 valence electrons. The second-order valence-corrected chi connectivity index (χ2v) is 5.96. The molecule has 0 aliphatic heterocycles. The van der Waals surface area contributed by atoms with Crippen LogP contribution in [-0.2, 0) is 0 Å². The number of benzene rings is 2. The van der Waals surface area contributed by atoms with E-state index in [0.717, 1.165) is 6.07 Å². The molecule has 1 amide bonds. The van der Waals surface area contributed by atoms with Crippen LogP contribution in [0.25, 0.3) is 0 Å². The molecule has 0 spiro atoms. The van der Waals surface area contributed by atoms with Gasteiger partial charge in [0.05, 0.1) is 4.47 Å². The van der Waals surface area contributed by atoms with E-state index in [1.54, 1.807) is 13.0 Å². The van der Waals surface area contributed by atoms with Crippen molar-refractivity contribution in [3.05, 3.63) is 62.0 Å². The van der Waals surface area contributed by atoms with Crippen molar-refractivity contribution in [3.8, 4) is 0 Å². The Morgan fingerprint density at radius 3 is 2.45 bits per heavy atom. The van der Waals surface area contributed by atoms with E-state index in [1.807, 2.05) is 0 Å². The van der Waals surface area contributed by atoms with Crippen LogP contribution in [-0.4, -0.2) is 5.91 Å². The number of rotatable bonds is 2. The molecule has 0 aromatic heterocycles. The first-order valence-electron chi connectivity index (χ1n) is 5.60. The maximum Gasteiger partial charge on any atom is 0.255 e. The van der Waals surface area contributed by atoms with Crippen molar-refractivity contribution in [2.24, 2.45) is 0 Å². The lowest BCUT2D eigenvalue weighted by atomic mass is 10.1. The molecule has 20 heavy (non-hydrogen) atoms. The van der Waals surface area contributed by atoms with E-state index >= 15 is 0 Å². The monoisotopic (exact) mass is 403 g/mol. The van der Waals surface area contributed by atoms with Crippen LogP contribution in [0.5, 0.6) is 0 Å². The number of amides is 1. The van der Waals surface area contributed by atoms with Gasteiger partial charge in [-0.2, -0.15) is 0 Å². The molecule has 2 nitrogen and oxygen atoms in total. The minimum absolute atomic E-state index is 0.152. The van der Waals surface area contributed by atoms with Crippen molar-refractivity contribution in [1.29, 1.82) is 0 Å². The number of halogens is 4. The van der Waals surface area contributed by atoms with Crippen molar-refractivity contribution in [3.63, 3.8) is 0 Å². The topological polar surface area (TPSA) is 29.1 Å². The fraction of sp³-hybridized carbons (Fsp3) is 0.0714. The van der Waals surface area contributed by atoms with E-state index in [9.17, 15) is 13.6 Å². The lowest BCUT2D eigenvalue weighted by Crippen LogP contribution is -2.13. The largest absolute Gasteiger partial charge is 0.322 e. The van der Waals surface area contributed by atoms with E-state index in [1.165, 1.54) is 18.2 Å². The summed E-state index contributed by atoms with van der Waals surface area (Å²) in [5.74, 6) is -1.51. The Labute approximate surface area is 131 Å². The minimum Gasteiger partial charge on any atom is -0.322 e. The molecular formula is C14H9Br2F2NO. The first kappa shape index (κ1) is 15.1. The number of anilines is 1. The van der Waals surface area contributed by atoms with Gasteiger partial charge in [-0.3, -0.25) is 4.79 Å². The third-order valence-corrected chi connectivity index (χ3v) is 3.71. The van der Waals surface area contributed by atoms with Crippen LogP contribution in [0.2, 0.25) is 0 Å². The van der Waals surface area contributed by atoms with Gasteiger partial charge in [-0.15, -0.1) is 0 Å². The Morgan fingerprint density at radius 1 is 1.10 bits per heavy atom. The highest BCUT2D eigenvalue weighted by Crippen LogP contribution is 2.25. The summed E-state index contributed by atoms with van der Waals surface area (Å²) in [5.41, 5.74) is 1.19. The number of carbonyl (C=O) groups is 1. The molecule has 0 aliphatic rings. The normalized spacial score (nSPS) is 10.4. The van der Waals surface area contributed by atoms with Gasteiger partial charge >= 0.3 is 0 Å². The molecule has 6 heteroatoms. The fourth-order valence-corrected chi connectivity index (χ4v) is 2.58. The first-order valence-corrected chi connectivity index (χ1v) is 7.18. The molecule has 1 N–H and O–H groups in total. The SMILES string of the molecule is Cc1cc(Br)c(F)cc1NC(=O)c1cc(F)cc(Br)c1. The summed E-state index contributed by atoms with van der Waals surface area (Å²) >= 11 is 6.18. The van der Waals surface area contributed by atoms with Crippen LogP contribution in [0.4, 0.5) is 14.5 Å². The van der Waals surface area contributed by atoms with Crippen molar-refractivity contribution in [2.75, 3.05) is 5.32 Å². The van der Waals surface area contributed by atoms with Crippen molar-refractivity contribution in [2.45, 2.75) is 6.92 Å². The van der Waals surface area contributed by atoms with Gasteiger partial charge in [0, 0.05) is 15.7 Å². The van der Waals surface area contributed by atoms with Gasteiger partial charge in [0.15, 0.2) is 0 Å². The van der Waals surface area contributed by atoms with Crippen molar-refractivity contribution in [1.82, 2.24) is 0 Å². The zero-order valence-electron chi connectivity index (χ0n) is 10.3. The molecule has 0 radical (unpaired) electrons. The predicted octanol–water partition coefficient (Wildman–Crippen LogP) is 5.05. The standard InChI is InChI=1S/C14H9Br2F2NO/c1-7-2-11(16)12(18)6-13(7)19-14(20)8-3-9(15)5-10(17)4-8/h2-6H,1H3,(H,19,20). The lowest BCUT2D eigenvalue weighted by molar-refractivity contribution is 0.102. The Kier molecular flexibility index (Phi) is 4.55. The van der Waals surface area contributed by atoms with Gasteiger partial charge in [-0.25, -0.2) is 8.78 Å². The fourth-order valence-electron chi connectivity index (χ4n) is 1.66. The van der Waals surface area contributed by atoms with Crippen LogP contribution in [0.15, 0.2) is 39.3 Å². The molecule has 0 unspecified atom stereocenters. The van der Waals surface area contributed by atoms with Crippen LogP contribution in [0, 0.1) is 18.6 Å². The number of nitrogens with one attached hydrogen (secondary N) is 1. The highest BCUT2D eigenvalue weighted by Gasteiger charge is 2.12. The molecule has 0 atom stereocenters. The average Bonchev–Trinajstić information content (AvgIpc) is 2.34. The number of hydrogen-bond acceptors (Lipinski definition) is 1. The molecule has 0 saturated heterocycles. The van der Waals surface area contributed by atoms with Crippen LogP contribution < -0.4 is 5.32 Å². The lowest BCUT2D eigenvalue weighted by Gasteiger charge is -2.10. The molecular weight excluding hydrogens is 396 g/mol. The zero-order chi connectivity index (χ0) is 14.9. The van der Waals surface area contributed by atoms with Crippen LogP contribution in [0.3, 0.4) is 0 Å². The van der Waals surface area contributed by atoms with Crippen LogP contribution >= 0.6 is 31.9 Å². The summed E-state index contributed by atoms with van der Waals surface area (Å²) < 4.78 is 27.5. The van der Waals surface area contributed by atoms with Gasteiger partial charge in [0.2, 0.25) is 0 Å². The van der Waals surface area contributed by atoms with E-state index in [0.29, 0.717) is 20.2 Å². The van der Waals surface area contributed by atoms with E-state index in [2.05, 4.69) is 37.2 Å². The highest BCUT2D eigenvalue weighted by atomic mass is 79.9. The minimum atomic E-state index is -0.525. The molecule has 0 saturated carbocycles. The molecule has 0 aliphatic carbocycles. The Balaban J connectivity index is 2.30. The Morgan fingerprint density at radius 2 is 1.80 bits per heavy atom. The molecule has 0 heterocycles. The first-order chi connectivity index (χ1) is 9.36. The van der Waals surface area contributed by atoms with E-state index in [-0.39, 0.29) is 5.56 Å². The number of hydrogen-bond donors (Lipinski definition) is 1. The third kappa shape index (κ3) is 3.43. The van der Waals surface area contributed by atoms with Crippen molar-refractivity contribution >= 4 is 43.5 Å². The van der Waals surface area contributed by atoms with Gasteiger partial charge in [0.1, 0.15) is 11.6 Å².